The predicted molar refractivity (Wildman–Crippen MR) is 72.2 cm³/mol. The van der Waals surface area contributed by atoms with Crippen molar-refractivity contribution in [3.8, 4) is 11.5 Å². The summed E-state index contributed by atoms with van der Waals surface area (Å²) in [6, 6.07) is 6.93. The van der Waals surface area contributed by atoms with Crippen molar-refractivity contribution in [2.75, 3.05) is 5.43 Å². The maximum atomic E-state index is 10.9. The zero-order valence-electron chi connectivity index (χ0n) is 10.2. The van der Waals surface area contributed by atoms with Crippen molar-refractivity contribution in [1.29, 1.82) is 0 Å². The van der Waals surface area contributed by atoms with Gasteiger partial charge < -0.3 is 15.3 Å². The monoisotopic (exact) mass is 273 g/mol. The molecule has 0 amide bonds. The zero-order chi connectivity index (χ0) is 14.5. The highest BCUT2D eigenvalue weighted by atomic mass is 16.4. The van der Waals surface area contributed by atoms with E-state index in [1.54, 1.807) is 0 Å². The molecule has 0 aliphatic carbocycles. The van der Waals surface area contributed by atoms with Crippen LogP contribution in [0.25, 0.3) is 0 Å². The number of aromatic hydroxyl groups is 2. The predicted octanol–water partition coefficient (Wildman–Crippen LogP) is 1.64. The first-order valence-corrected chi connectivity index (χ1v) is 5.57. The van der Waals surface area contributed by atoms with Crippen molar-refractivity contribution in [1.82, 2.24) is 4.98 Å². The fraction of sp³-hybridized carbons (Fsp3) is 0. The van der Waals surface area contributed by atoms with Crippen molar-refractivity contribution in [3.05, 3.63) is 47.7 Å². The maximum absolute atomic E-state index is 10.9. The van der Waals surface area contributed by atoms with E-state index >= 15 is 0 Å². The third-order valence-corrected chi connectivity index (χ3v) is 2.43. The number of aromatic carboxylic acids is 1. The highest BCUT2D eigenvalue weighted by Gasteiger charge is 2.09. The van der Waals surface area contributed by atoms with E-state index in [1.807, 2.05) is 0 Å². The Morgan fingerprint density at radius 2 is 2.10 bits per heavy atom. The van der Waals surface area contributed by atoms with Crippen molar-refractivity contribution >= 4 is 18.0 Å². The Labute approximate surface area is 113 Å². The lowest BCUT2D eigenvalue weighted by atomic mass is 10.2. The number of hydrazone groups is 1. The molecule has 7 nitrogen and oxygen atoms in total. The van der Waals surface area contributed by atoms with E-state index in [9.17, 15) is 9.90 Å². The minimum Gasteiger partial charge on any atom is -0.508 e. The van der Waals surface area contributed by atoms with Gasteiger partial charge in [-0.05, 0) is 24.3 Å². The van der Waals surface area contributed by atoms with E-state index in [-0.39, 0.29) is 22.9 Å². The molecule has 1 aromatic heterocycles. The summed E-state index contributed by atoms with van der Waals surface area (Å²) in [5, 5.41) is 31.4. The van der Waals surface area contributed by atoms with Gasteiger partial charge in [-0.2, -0.15) is 5.10 Å². The normalized spacial score (nSPS) is 10.6. The molecule has 2 rings (SSSR count). The summed E-state index contributed by atoms with van der Waals surface area (Å²) in [6.07, 6.45) is 2.72. The minimum atomic E-state index is -1.12. The average Bonchev–Trinajstić information content (AvgIpc) is 2.41. The number of carboxylic acids is 1. The van der Waals surface area contributed by atoms with Crippen LogP contribution in [0.2, 0.25) is 0 Å². The number of carbonyl (C=O) groups is 1. The summed E-state index contributed by atoms with van der Waals surface area (Å²) < 4.78 is 0. The van der Waals surface area contributed by atoms with E-state index in [2.05, 4.69) is 15.5 Å². The second-order valence-corrected chi connectivity index (χ2v) is 3.82. The number of hydrogen-bond donors (Lipinski definition) is 4. The second kappa shape index (κ2) is 5.70. The van der Waals surface area contributed by atoms with Crippen LogP contribution in [0.4, 0.5) is 5.82 Å². The Balaban J connectivity index is 2.16. The first kappa shape index (κ1) is 13.3. The number of hydrogen-bond acceptors (Lipinski definition) is 6. The van der Waals surface area contributed by atoms with Gasteiger partial charge >= 0.3 is 5.97 Å². The minimum absolute atomic E-state index is 0.0143. The van der Waals surface area contributed by atoms with Gasteiger partial charge in [0.25, 0.3) is 0 Å². The van der Waals surface area contributed by atoms with Crippen molar-refractivity contribution in [2.45, 2.75) is 0 Å². The number of aromatic nitrogens is 1. The molecule has 102 valence electrons. The Morgan fingerprint density at radius 1 is 1.30 bits per heavy atom. The number of rotatable bonds is 4. The van der Waals surface area contributed by atoms with Crippen LogP contribution in [-0.4, -0.2) is 32.5 Å². The topological polar surface area (TPSA) is 115 Å². The Hall–Kier alpha value is -3.09. The Morgan fingerprint density at radius 3 is 2.80 bits per heavy atom. The van der Waals surface area contributed by atoms with E-state index in [0.29, 0.717) is 5.56 Å². The van der Waals surface area contributed by atoms with Crippen LogP contribution < -0.4 is 5.43 Å². The highest BCUT2D eigenvalue weighted by Crippen LogP contribution is 2.21. The third kappa shape index (κ3) is 3.02. The second-order valence-electron chi connectivity index (χ2n) is 3.82. The van der Waals surface area contributed by atoms with Crippen LogP contribution in [0.1, 0.15) is 15.9 Å². The highest BCUT2D eigenvalue weighted by molar-refractivity contribution is 5.93. The van der Waals surface area contributed by atoms with E-state index in [1.165, 1.54) is 42.7 Å². The third-order valence-electron chi connectivity index (χ3n) is 2.43. The lowest BCUT2D eigenvalue weighted by molar-refractivity contribution is 0.0697. The molecule has 4 N–H and O–H groups in total. The molecule has 0 unspecified atom stereocenters. The smallest absolute Gasteiger partial charge is 0.339 e. The van der Waals surface area contributed by atoms with Crippen molar-refractivity contribution in [3.63, 3.8) is 0 Å². The molecule has 0 fully saturated rings. The summed E-state index contributed by atoms with van der Waals surface area (Å²) in [7, 11) is 0. The number of nitrogens with zero attached hydrogens (tertiary/aromatic N) is 2. The van der Waals surface area contributed by atoms with Crippen LogP contribution in [0.5, 0.6) is 11.5 Å². The van der Waals surface area contributed by atoms with Crippen LogP contribution >= 0.6 is 0 Å². The lowest BCUT2D eigenvalue weighted by Gasteiger charge is -2.03. The molecule has 1 heterocycles. The standard InChI is InChI=1S/C13H11N3O4/c17-9-4-3-8(11(18)6-9)7-15-16-12-10(13(19)20)2-1-5-14-12/h1-7,17-18H,(H,14,16)(H,19,20)/b15-7-. The molecule has 0 spiro atoms. The molecule has 2 aromatic rings. The first-order chi connectivity index (χ1) is 9.58. The van der Waals surface area contributed by atoms with Gasteiger partial charge in [0.05, 0.1) is 6.21 Å². The van der Waals surface area contributed by atoms with E-state index in [0.717, 1.165) is 0 Å². The zero-order valence-corrected chi connectivity index (χ0v) is 10.2. The van der Waals surface area contributed by atoms with Crippen LogP contribution in [0.15, 0.2) is 41.6 Å². The van der Waals surface area contributed by atoms with Crippen molar-refractivity contribution < 1.29 is 20.1 Å². The number of anilines is 1. The summed E-state index contributed by atoms with van der Waals surface area (Å²) in [4.78, 5) is 14.8. The molecule has 0 radical (unpaired) electrons. The number of phenolic OH excluding ortho intramolecular Hbond substituents is 2. The lowest BCUT2D eigenvalue weighted by Crippen LogP contribution is -2.04. The molecule has 20 heavy (non-hydrogen) atoms. The molecular formula is C13H11N3O4. The first-order valence-electron chi connectivity index (χ1n) is 5.57. The molecule has 0 atom stereocenters. The summed E-state index contributed by atoms with van der Waals surface area (Å²) >= 11 is 0. The summed E-state index contributed by atoms with van der Waals surface area (Å²) in [5.74, 6) is -1.24. The van der Waals surface area contributed by atoms with Gasteiger partial charge in [0.2, 0.25) is 0 Å². The largest absolute Gasteiger partial charge is 0.508 e. The number of benzene rings is 1. The fourth-order valence-electron chi connectivity index (χ4n) is 1.47. The molecule has 0 aliphatic rings. The van der Waals surface area contributed by atoms with Gasteiger partial charge in [0.15, 0.2) is 5.82 Å². The summed E-state index contributed by atoms with van der Waals surface area (Å²) in [5.41, 5.74) is 2.84. The molecule has 0 saturated heterocycles. The van der Waals surface area contributed by atoms with Gasteiger partial charge in [0.1, 0.15) is 17.1 Å². The van der Waals surface area contributed by atoms with E-state index < -0.39 is 5.97 Å². The summed E-state index contributed by atoms with van der Waals surface area (Å²) in [6.45, 7) is 0. The van der Waals surface area contributed by atoms with Gasteiger partial charge in [-0.25, -0.2) is 9.78 Å². The van der Waals surface area contributed by atoms with Crippen molar-refractivity contribution in [2.24, 2.45) is 5.10 Å². The number of carboxylic acid groups (broad SMARTS) is 1. The number of phenols is 2. The number of nitrogens with one attached hydrogen (secondary N) is 1. The molecule has 0 aliphatic heterocycles. The van der Waals surface area contributed by atoms with Gasteiger partial charge in [-0.3, -0.25) is 5.43 Å². The molecule has 7 heteroatoms. The molecule has 0 bridgehead atoms. The Bertz CT molecular complexity index is 670. The van der Waals surface area contributed by atoms with Gasteiger partial charge in [-0.15, -0.1) is 0 Å². The maximum Gasteiger partial charge on any atom is 0.339 e. The fourth-order valence-corrected chi connectivity index (χ4v) is 1.47. The molecular weight excluding hydrogens is 262 g/mol. The average molecular weight is 273 g/mol. The van der Waals surface area contributed by atoms with Crippen LogP contribution in [0.3, 0.4) is 0 Å². The quantitative estimate of drug-likeness (QED) is 0.497. The SMILES string of the molecule is O=C(O)c1cccnc1N/N=C\c1ccc(O)cc1O. The molecule has 0 saturated carbocycles. The van der Waals surface area contributed by atoms with Crippen LogP contribution in [-0.2, 0) is 0 Å². The Kier molecular flexibility index (Phi) is 3.80. The van der Waals surface area contributed by atoms with E-state index in [4.69, 9.17) is 10.2 Å². The molecule has 1 aromatic carbocycles. The van der Waals surface area contributed by atoms with Gasteiger partial charge in [-0.1, -0.05) is 0 Å². The number of pyridine rings is 1. The van der Waals surface area contributed by atoms with Crippen LogP contribution in [0, 0.1) is 0 Å². The van der Waals surface area contributed by atoms with Gasteiger partial charge in [0, 0.05) is 17.8 Å².